The van der Waals surface area contributed by atoms with Crippen molar-refractivity contribution in [3.63, 3.8) is 0 Å². The second-order valence-corrected chi connectivity index (χ2v) is 6.99. The Morgan fingerprint density at radius 2 is 2.06 bits per heavy atom. The topological polar surface area (TPSA) is 46.3 Å². The zero-order valence-corrected chi connectivity index (χ0v) is 12.3. The van der Waals surface area contributed by atoms with Crippen LogP contribution < -0.4 is 5.73 Å². The van der Waals surface area contributed by atoms with Crippen molar-refractivity contribution in [1.82, 2.24) is 4.90 Å². The Morgan fingerprint density at radius 3 is 2.72 bits per heavy atom. The lowest BCUT2D eigenvalue weighted by molar-refractivity contribution is -0.136. The number of thioether (sulfide) groups is 1. The van der Waals surface area contributed by atoms with Gasteiger partial charge >= 0.3 is 0 Å². The van der Waals surface area contributed by atoms with Crippen molar-refractivity contribution in [1.29, 1.82) is 0 Å². The fourth-order valence-corrected chi connectivity index (χ4v) is 4.33. The molecule has 1 amide bonds. The first-order valence-electron chi connectivity index (χ1n) is 7.31. The largest absolute Gasteiger partial charge is 0.338 e. The normalized spacial score (nSPS) is 28.1. The van der Waals surface area contributed by atoms with Crippen LogP contribution in [0.25, 0.3) is 0 Å². The lowest BCUT2D eigenvalue weighted by Gasteiger charge is -2.39. The number of carbonyl (C=O) groups is 1. The number of hydrogen-bond acceptors (Lipinski definition) is 3. The van der Waals surface area contributed by atoms with Gasteiger partial charge < -0.3 is 10.6 Å². The highest BCUT2D eigenvalue weighted by atomic mass is 32.2. The number of carbonyl (C=O) groups excluding carboxylic acids is 1. The Kier molecular flexibility index (Phi) is 5.37. The first-order chi connectivity index (χ1) is 8.68. The molecule has 0 saturated carbocycles. The van der Waals surface area contributed by atoms with Gasteiger partial charge in [0.05, 0.1) is 0 Å². The number of hydrogen-bond donors (Lipinski definition) is 1. The summed E-state index contributed by atoms with van der Waals surface area (Å²) in [4.78, 5) is 14.5. The number of amides is 1. The van der Waals surface area contributed by atoms with Gasteiger partial charge in [0.15, 0.2) is 0 Å². The number of piperidine rings is 1. The maximum absolute atomic E-state index is 12.4. The number of nitrogens with two attached hydrogens (primary N) is 1. The van der Waals surface area contributed by atoms with Crippen LogP contribution in [0.3, 0.4) is 0 Å². The minimum atomic E-state index is 0.108. The van der Waals surface area contributed by atoms with E-state index in [1.165, 1.54) is 30.8 Å². The quantitative estimate of drug-likeness (QED) is 0.855. The summed E-state index contributed by atoms with van der Waals surface area (Å²) in [6.07, 6.45) is 6.64. The van der Waals surface area contributed by atoms with E-state index in [9.17, 15) is 4.79 Å². The molecule has 0 aromatic rings. The van der Waals surface area contributed by atoms with Crippen LogP contribution >= 0.6 is 11.8 Å². The van der Waals surface area contributed by atoms with Gasteiger partial charge in [-0.3, -0.25) is 4.79 Å². The van der Waals surface area contributed by atoms with E-state index in [2.05, 4.69) is 4.90 Å². The van der Waals surface area contributed by atoms with E-state index in [1.807, 2.05) is 18.7 Å². The molecule has 2 rings (SSSR count). The molecular formula is C14H26N2OS. The van der Waals surface area contributed by atoms with Crippen molar-refractivity contribution >= 4 is 17.7 Å². The highest BCUT2D eigenvalue weighted by molar-refractivity contribution is 7.99. The molecule has 2 heterocycles. The third-order valence-corrected chi connectivity index (χ3v) is 5.33. The van der Waals surface area contributed by atoms with Gasteiger partial charge in [-0.2, -0.15) is 11.8 Å². The second-order valence-electron chi connectivity index (χ2n) is 5.77. The fraction of sp³-hybridized carbons (Fsp3) is 0.929. The lowest BCUT2D eigenvalue weighted by Crippen LogP contribution is -2.52. The first-order valence-corrected chi connectivity index (χ1v) is 8.46. The van der Waals surface area contributed by atoms with Gasteiger partial charge in [-0.1, -0.05) is 0 Å². The fourth-order valence-electron chi connectivity index (χ4n) is 3.13. The Morgan fingerprint density at radius 1 is 1.33 bits per heavy atom. The van der Waals surface area contributed by atoms with Gasteiger partial charge in [-0.25, -0.2) is 0 Å². The van der Waals surface area contributed by atoms with Gasteiger partial charge in [0.1, 0.15) is 0 Å². The van der Waals surface area contributed by atoms with E-state index in [1.54, 1.807) is 0 Å². The molecule has 0 aromatic heterocycles. The van der Waals surface area contributed by atoms with Crippen molar-refractivity contribution in [3.8, 4) is 0 Å². The summed E-state index contributed by atoms with van der Waals surface area (Å²) in [5, 5.41) is 0. The molecule has 2 unspecified atom stereocenters. The maximum Gasteiger partial charge on any atom is 0.223 e. The van der Waals surface area contributed by atoms with Crippen LogP contribution in [0.1, 0.15) is 45.4 Å². The minimum absolute atomic E-state index is 0.108. The standard InChI is InChI=1S/C14H26N2OS/c1-11(15)13-4-2-3-7-16(13)14(17)10-12-5-8-18-9-6-12/h11-13H,2-10,15H2,1H3. The molecule has 0 aromatic carbocycles. The first kappa shape index (κ1) is 14.2. The van der Waals surface area contributed by atoms with Crippen molar-refractivity contribution < 1.29 is 4.79 Å². The minimum Gasteiger partial charge on any atom is -0.338 e. The Hall–Kier alpha value is -0.220. The predicted octanol–water partition coefficient (Wildman–Crippen LogP) is 2.25. The van der Waals surface area contributed by atoms with Crippen LogP contribution in [0.4, 0.5) is 0 Å². The molecule has 0 spiro atoms. The van der Waals surface area contributed by atoms with E-state index in [0.29, 0.717) is 11.8 Å². The molecule has 0 radical (unpaired) electrons. The van der Waals surface area contributed by atoms with Crippen LogP contribution in [0.5, 0.6) is 0 Å². The predicted molar refractivity (Wildman–Crippen MR) is 77.7 cm³/mol. The van der Waals surface area contributed by atoms with Crippen LogP contribution in [-0.4, -0.2) is 40.9 Å². The van der Waals surface area contributed by atoms with Crippen molar-refractivity contribution in [3.05, 3.63) is 0 Å². The van der Waals surface area contributed by atoms with E-state index in [0.717, 1.165) is 25.8 Å². The van der Waals surface area contributed by atoms with Crippen LogP contribution in [0.2, 0.25) is 0 Å². The molecule has 3 nitrogen and oxygen atoms in total. The molecule has 2 N–H and O–H groups in total. The molecule has 4 heteroatoms. The zero-order chi connectivity index (χ0) is 13.0. The van der Waals surface area contributed by atoms with Crippen LogP contribution in [0, 0.1) is 5.92 Å². The molecule has 2 saturated heterocycles. The maximum atomic E-state index is 12.4. The van der Waals surface area contributed by atoms with Gasteiger partial charge in [0.2, 0.25) is 5.91 Å². The molecular weight excluding hydrogens is 244 g/mol. The Balaban J connectivity index is 1.89. The van der Waals surface area contributed by atoms with Gasteiger partial charge in [0.25, 0.3) is 0 Å². The zero-order valence-electron chi connectivity index (χ0n) is 11.4. The van der Waals surface area contributed by atoms with Crippen molar-refractivity contribution in [2.24, 2.45) is 11.7 Å². The van der Waals surface area contributed by atoms with E-state index in [4.69, 9.17) is 5.73 Å². The summed E-state index contributed by atoms with van der Waals surface area (Å²) in [5.41, 5.74) is 6.03. The molecule has 2 aliphatic heterocycles. The molecule has 104 valence electrons. The van der Waals surface area contributed by atoms with E-state index < -0.39 is 0 Å². The van der Waals surface area contributed by atoms with Crippen LogP contribution in [-0.2, 0) is 4.79 Å². The van der Waals surface area contributed by atoms with Gasteiger partial charge in [0, 0.05) is 25.0 Å². The summed E-state index contributed by atoms with van der Waals surface area (Å²) in [6, 6.07) is 0.389. The van der Waals surface area contributed by atoms with E-state index in [-0.39, 0.29) is 12.1 Å². The summed E-state index contributed by atoms with van der Waals surface area (Å²) in [5.74, 6) is 3.44. The number of rotatable bonds is 3. The summed E-state index contributed by atoms with van der Waals surface area (Å²) in [7, 11) is 0. The third kappa shape index (κ3) is 3.64. The van der Waals surface area contributed by atoms with Gasteiger partial charge in [-0.05, 0) is 56.5 Å². The molecule has 0 bridgehead atoms. The lowest BCUT2D eigenvalue weighted by atomic mass is 9.93. The highest BCUT2D eigenvalue weighted by Crippen LogP contribution is 2.27. The molecule has 0 aliphatic carbocycles. The Bertz CT molecular complexity index is 277. The summed E-state index contributed by atoms with van der Waals surface area (Å²) >= 11 is 2.02. The second kappa shape index (κ2) is 6.80. The average molecular weight is 270 g/mol. The molecule has 2 aliphatic rings. The smallest absolute Gasteiger partial charge is 0.223 e. The van der Waals surface area contributed by atoms with Crippen molar-refractivity contribution in [2.45, 2.75) is 57.5 Å². The molecule has 2 fully saturated rings. The third-order valence-electron chi connectivity index (χ3n) is 4.28. The van der Waals surface area contributed by atoms with Gasteiger partial charge in [-0.15, -0.1) is 0 Å². The van der Waals surface area contributed by atoms with Crippen molar-refractivity contribution in [2.75, 3.05) is 18.1 Å². The summed E-state index contributed by atoms with van der Waals surface area (Å²) in [6.45, 7) is 2.96. The summed E-state index contributed by atoms with van der Waals surface area (Å²) < 4.78 is 0. The Labute approximate surface area is 115 Å². The highest BCUT2D eigenvalue weighted by Gasteiger charge is 2.30. The molecule has 2 atom stereocenters. The SMILES string of the molecule is CC(N)C1CCCCN1C(=O)CC1CCSCC1. The number of likely N-dealkylation sites (tertiary alicyclic amines) is 1. The monoisotopic (exact) mass is 270 g/mol. The average Bonchev–Trinajstić information content (AvgIpc) is 2.40. The van der Waals surface area contributed by atoms with Crippen LogP contribution in [0.15, 0.2) is 0 Å². The molecule has 18 heavy (non-hydrogen) atoms. The number of nitrogens with zero attached hydrogens (tertiary/aromatic N) is 1. The van der Waals surface area contributed by atoms with E-state index >= 15 is 0 Å².